The number of sulfonamides is 1. The first-order valence-electron chi connectivity index (χ1n) is 9.15. The van der Waals surface area contributed by atoms with Crippen LogP contribution in [0.5, 0.6) is 0 Å². The average molecular weight is 436 g/mol. The van der Waals surface area contributed by atoms with E-state index < -0.39 is 16.1 Å². The molecule has 28 heavy (non-hydrogen) atoms. The van der Waals surface area contributed by atoms with Gasteiger partial charge in [-0.3, -0.25) is 4.79 Å². The molecule has 0 aliphatic carbocycles. The van der Waals surface area contributed by atoms with E-state index >= 15 is 0 Å². The van der Waals surface area contributed by atoms with Gasteiger partial charge in [-0.1, -0.05) is 23.5 Å². The number of rotatable bonds is 4. The lowest BCUT2D eigenvalue weighted by molar-refractivity contribution is -0.121. The summed E-state index contributed by atoms with van der Waals surface area (Å²) in [5.74, 6) is -0.386. The molecule has 1 aliphatic heterocycles. The molecule has 0 bridgehead atoms. The van der Waals surface area contributed by atoms with Gasteiger partial charge in [0.1, 0.15) is 10.3 Å². The molecular weight excluding hydrogens is 414 g/mol. The molecular formula is C19H21N3O3S3. The molecule has 2 aromatic heterocycles. The molecule has 1 atom stereocenters. The number of aryl methyl sites for hydroxylation is 2. The maximum absolute atomic E-state index is 13.0. The molecule has 0 saturated carbocycles. The number of aromatic nitrogens is 1. The average Bonchev–Trinajstić information content (AvgIpc) is 3.40. The number of thiophene rings is 1. The van der Waals surface area contributed by atoms with Crippen LogP contribution in [0.15, 0.2) is 44.9 Å². The van der Waals surface area contributed by atoms with Crippen molar-refractivity contribution in [1.29, 1.82) is 0 Å². The predicted molar refractivity (Wildman–Crippen MR) is 112 cm³/mol. The number of fused-ring (bicyclic) bond motifs is 1. The van der Waals surface area contributed by atoms with Crippen molar-refractivity contribution >= 4 is 48.8 Å². The zero-order valence-corrected chi connectivity index (χ0v) is 18.1. The van der Waals surface area contributed by atoms with Gasteiger partial charge in [0.05, 0.1) is 10.2 Å². The quantitative estimate of drug-likeness (QED) is 0.631. The van der Waals surface area contributed by atoms with E-state index in [1.807, 2.05) is 30.5 Å². The van der Waals surface area contributed by atoms with Crippen molar-refractivity contribution < 1.29 is 13.2 Å². The normalized spacial score (nSPS) is 18.9. The van der Waals surface area contributed by atoms with E-state index in [1.165, 1.54) is 27.0 Å². The second-order valence-electron chi connectivity index (χ2n) is 6.76. The minimum Gasteiger partial charge on any atom is -0.317 e. The third-order valence-corrected chi connectivity index (χ3v) is 9.23. The monoisotopic (exact) mass is 435 g/mol. The van der Waals surface area contributed by atoms with Crippen LogP contribution < -0.4 is 4.80 Å². The van der Waals surface area contributed by atoms with E-state index in [0.717, 1.165) is 15.8 Å². The van der Waals surface area contributed by atoms with E-state index in [2.05, 4.69) is 11.1 Å². The summed E-state index contributed by atoms with van der Waals surface area (Å²) in [6.45, 7) is 5.09. The zero-order valence-electron chi connectivity index (χ0n) is 15.7. The van der Waals surface area contributed by atoms with Crippen molar-refractivity contribution in [1.82, 2.24) is 8.87 Å². The Kier molecular flexibility index (Phi) is 5.26. The fourth-order valence-electron chi connectivity index (χ4n) is 3.54. The lowest BCUT2D eigenvalue weighted by atomic mass is 10.2. The Morgan fingerprint density at radius 1 is 1.32 bits per heavy atom. The third-order valence-electron chi connectivity index (χ3n) is 4.91. The molecule has 1 unspecified atom stereocenters. The van der Waals surface area contributed by atoms with Crippen molar-refractivity contribution in [2.24, 2.45) is 4.99 Å². The SMILES string of the molecule is CCn1c(=NC(=O)C2CCCN2S(=O)(=O)c2cccs2)sc2cc(C)ccc21. The van der Waals surface area contributed by atoms with Crippen LogP contribution in [-0.4, -0.2) is 35.8 Å². The standard InChI is InChI=1S/C19H21N3O3S3/c1-3-21-14-9-8-13(2)12-16(14)27-19(21)20-18(23)15-6-4-10-22(15)28(24,25)17-7-5-11-26-17/h5,7-9,11-12,15H,3-4,6,10H2,1-2H3. The Balaban J connectivity index is 1.72. The van der Waals surface area contributed by atoms with Crippen LogP contribution in [0.2, 0.25) is 0 Å². The fraction of sp³-hybridized carbons (Fsp3) is 0.368. The Hall–Kier alpha value is -1.81. The molecule has 1 aliphatic rings. The minimum absolute atomic E-state index is 0.271. The molecule has 3 aromatic rings. The van der Waals surface area contributed by atoms with E-state index in [1.54, 1.807) is 17.5 Å². The number of thiazole rings is 1. The maximum atomic E-state index is 13.0. The van der Waals surface area contributed by atoms with Gasteiger partial charge in [0.15, 0.2) is 4.80 Å². The second-order valence-corrected chi connectivity index (χ2v) is 10.8. The summed E-state index contributed by atoms with van der Waals surface area (Å²) in [5.41, 5.74) is 2.19. The van der Waals surface area contributed by atoms with Gasteiger partial charge < -0.3 is 4.57 Å². The summed E-state index contributed by atoms with van der Waals surface area (Å²) in [5, 5.41) is 1.73. The number of carbonyl (C=O) groups excluding carboxylic acids is 1. The maximum Gasteiger partial charge on any atom is 0.266 e. The summed E-state index contributed by atoms with van der Waals surface area (Å²) in [6.07, 6.45) is 1.17. The number of benzene rings is 1. The molecule has 148 valence electrons. The smallest absolute Gasteiger partial charge is 0.266 e. The molecule has 4 rings (SSSR count). The van der Waals surface area contributed by atoms with Gasteiger partial charge in [0.25, 0.3) is 15.9 Å². The first-order chi connectivity index (χ1) is 13.4. The highest BCUT2D eigenvalue weighted by Gasteiger charge is 2.39. The summed E-state index contributed by atoms with van der Waals surface area (Å²) >= 11 is 2.64. The van der Waals surface area contributed by atoms with Crippen molar-refractivity contribution in [3.8, 4) is 0 Å². The Morgan fingerprint density at radius 2 is 2.14 bits per heavy atom. The van der Waals surface area contributed by atoms with Gasteiger partial charge in [0, 0.05) is 13.1 Å². The number of carbonyl (C=O) groups is 1. The lowest BCUT2D eigenvalue weighted by Crippen LogP contribution is -2.40. The van der Waals surface area contributed by atoms with Crippen LogP contribution in [0.3, 0.4) is 0 Å². The van der Waals surface area contributed by atoms with Crippen LogP contribution in [-0.2, 0) is 21.4 Å². The zero-order chi connectivity index (χ0) is 19.9. The molecule has 6 nitrogen and oxygen atoms in total. The molecule has 1 amide bonds. The lowest BCUT2D eigenvalue weighted by Gasteiger charge is -2.20. The third kappa shape index (κ3) is 3.36. The van der Waals surface area contributed by atoms with E-state index in [-0.39, 0.29) is 10.1 Å². The van der Waals surface area contributed by atoms with Gasteiger partial charge in [-0.05, 0) is 55.8 Å². The minimum atomic E-state index is -3.66. The highest BCUT2D eigenvalue weighted by Crippen LogP contribution is 2.29. The Labute approximate surface area is 171 Å². The molecule has 1 fully saturated rings. The highest BCUT2D eigenvalue weighted by atomic mass is 32.2. The first-order valence-corrected chi connectivity index (χ1v) is 12.3. The molecule has 0 N–H and O–H groups in total. The van der Waals surface area contributed by atoms with Crippen LogP contribution >= 0.6 is 22.7 Å². The molecule has 3 heterocycles. The van der Waals surface area contributed by atoms with E-state index in [9.17, 15) is 13.2 Å². The van der Waals surface area contributed by atoms with Crippen molar-refractivity contribution in [3.05, 3.63) is 46.1 Å². The van der Waals surface area contributed by atoms with Gasteiger partial charge >= 0.3 is 0 Å². The highest BCUT2D eigenvalue weighted by molar-refractivity contribution is 7.91. The molecule has 9 heteroatoms. The van der Waals surface area contributed by atoms with Gasteiger partial charge in [-0.2, -0.15) is 9.30 Å². The fourth-order valence-corrected chi connectivity index (χ4v) is 7.51. The van der Waals surface area contributed by atoms with Gasteiger partial charge in [-0.15, -0.1) is 11.3 Å². The summed E-state index contributed by atoms with van der Waals surface area (Å²) in [4.78, 5) is 18.0. The van der Waals surface area contributed by atoms with Crippen molar-refractivity contribution in [2.75, 3.05) is 6.54 Å². The van der Waals surface area contributed by atoms with Crippen LogP contribution in [0.25, 0.3) is 10.2 Å². The van der Waals surface area contributed by atoms with E-state index in [0.29, 0.717) is 30.7 Å². The summed E-state index contributed by atoms with van der Waals surface area (Å²) in [6, 6.07) is 8.72. The number of amides is 1. The summed E-state index contributed by atoms with van der Waals surface area (Å²) in [7, 11) is -3.66. The Bertz CT molecular complexity index is 1190. The van der Waals surface area contributed by atoms with Crippen molar-refractivity contribution in [3.63, 3.8) is 0 Å². The molecule has 0 spiro atoms. The van der Waals surface area contributed by atoms with Crippen LogP contribution in [0.1, 0.15) is 25.3 Å². The number of hydrogen-bond acceptors (Lipinski definition) is 5. The van der Waals surface area contributed by atoms with Crippen molar-refractivity contribution in [2.45, 2.75) is 43.5 Å². The topological polar surface area (TPSA) is 71.7 Å². The first kappa shape index (κ1) is 19.5. The van der Waals surface area contributed by atoms with Gasteiger partial charge in [0.2, 0.25) is 0 Å². The second kappa shape index (κ2) is 7.55. The summed E-state index contributed by atoms with van der Waals surface area (Å²) < 4.78 is 30.5. The molecule has 0 radical (unpaired) electrons. The number of hydrogen-bond donors (Lipinski definition) is 0. The largest absolute Gasteiger partial charge is 0.317 e. The van der Waals surface area contributed by atoms with Crippen LogP contribution in [0, 0.1) is 6.92 Å². The van der Waals surface area contributed by atoms with Crippen LogP contribution in [0.4, 0.5) is 0 Å². The van der Waals surface area contributed by atoms with Gasteiger partial charge in [-0.25, -0.2) is 8.42 Å². The number of nitrogens with zero attached hydrogens (tertiary/aromatic N) is 3. The molecule has 1 aromatic carbocycles. The molecule has 1 saturated heterocycles. The predicted octanol–water partition coefficient (Wildman–Crippen LogP) is 3.37. The Morgan fingerprint density at radius 3 is 2.86 bits per heavy atom. The van der Waals surface area contributed by atoms with E-state index in [4.69, 9.17) is 0 Å².